The number of aromatic nitrogens is 4. The molecule has 1 unspecified atom stereocenters. The van der Waals surface area contributed by atoms with Gasteiger partial charge in [-0.3, -0.25) is 14.4 Å². The number of halogens is 1. The fraction of sp³-hybridized carbons (Fsp3) is 0.265. The number of nitrogens with one attached hydrogen (secondary N) is 2. The molecule has 0 aliphatic carbocycles. The number of urea groups is 1. The highest BCUT2D eigenvalue weighted by atomic mass is 35.5. The number of hydrogen-bond acceptors (Lipinski definition) is 7. The molecule has 0 saturated carbocycles. The van der Waals surface area contributed by atoms with Crippen LogP contribution in [-0.2, 0) is 27.2 Å². The van der Waals surface area contributed by atoms with Crippen LogP contribution in [0.1, 0.15) is 36.5 Å². The second kappa shape index (κ2) is 15.2. The maximum atomic E-state index is 13.6. The highest BCUT2D eigenvalue weighted by Crippen LogP contribution is 2.21. The van der Waals surface area contributed by atoms with Crippen molar-refractivity contribution in [3.8, 4) is 5.69 Å². The van der Waals surface area contributed by atoms with Crippen LogP contribution in [0.4, 0.5) is 10.5 Å². The molecule has 0 spiro atoms. The lowest BCUT2D eigenvalue weighted by atomic mass is 9.95. The number of benzene rings is 3. The first kappa shape index (κ1) is 32.2. The molecule has 1 saturated heterocycles. The number of nitrogens with zero attached hydrogens (tertiary/aromatic N) is 5. The third-order valence-corrected chi connectivity index (χ3v) is 8.09. The van der Waals surface area contributed by atoms with E-state index in [9.17, 15) is 19.2 Å². The summed E-state index contributed by atoms with van der Waals surface area (Å²) in [7, 11) is 0. The van der Waals surface area contributed by atoms with Crippen LogP contribution in [0, 0.1) is 5.92 Å². The number of piperidine rings is 1. The molecule has 11 nitrogen and oxygen atoms in total. The van der Waals surface area contributed by atoms with Crippen LogP contribution in [0.15, 0.2) is 85.2 Å². The maximum Gasteiger partial charge on any atom is 0.321 e. The number of hydrogen-bond donors (Lipinski definition) is 2. The number of carbonyl (C=O) groups excluding carboxylic acids is 4. The topological polar surface area (TPSA) is 139 Å². The number of anilines is 1. The zero-order valence-corrected chi connectivity index (χ0v) is 26.1. The molecule has 46 heavy (non-hydrogen) atoms. The summed E-state index contributed by atoms with van der Waals surface area (Å²) in [6, 6.07) is 20.6. The van der Waals surface area contributed by atoms with Crippen molar-refractivity contribution in [2.75, 3.05) is 18.4 Å². The van der Waals surface area contributed by atoms with Crippen molar-refractivity contribution >= 4 is 46.9 Å². The summed E-state index contributed by atoms with van der Waals surface area (Å²) in [5.74, 6) is -0.637. The van der Waals surface area contributed by atoms with Crippen molar-refractivity contribution in [3.05, 3.63) is 107 Å². The van der Waals surface area contributed by atoms with E-state index >= 15 is 0 Å². The van der Waals surface area contributed by atoms with Gasteiger partial charge in [0, 0.05) is 47.8 Å². The molecule has 2 heterocycles. The van der Waals surface area contributed by atoms with Gasteiger partial charge < -0.3 is 15.5 Å². The van der Waals surface area contributed by atoms with Crippen molar-refractivity contribution in [2.45, 2.75) is 38.6 Å². The average molecular weight is 640 g/mol. The molecule has 3 aromatic carbocycles. The average Bonchev–Trinajstić information content (AvgIpc) is 3.60. The molecule has 0 bridgehead atoms. The second-order valence-electron chi connectivity index (χ2n) is 11.2. The Bertz CT molecular complexity index is 1710. The van der Waals surface area contributed by atoms with Crippen molar-refractivity contribution in [2.24, 2.45) is 5.92 Å². The molecule has 1 aromatic heterocycles. The second-order valence-corrected chi connectivity index (χ2v) is 11.6. The van der Waals surface area contributed by atoms with Crippen LogP contribution >= 0.6 is 11.6 Å². The minimum absolute atomic E-state index is 0.0832. The third kappa shape index (κ3) is 8.72. The van der Waals surface area contributed by atoms with E-state index in [-0.39, 0.29) is 29.9 Å². The lowest BCUT2D eigenvalue weighted by Crippen LogP contribution is -2.44. The fourth-order valence-corrected chi connectivity index (χ4v) is 5.53. The minimum Gasteiger partial charge on any atom is -0.342 e. The summed E-state index contributed by atoms with van der Waals surface area (Å²) >= 11 is 6.20. The summed E-state index contributed by atoms with van der Waals surface area (Å²) in [6.07, 6.45) is 6.38. The van der Waals surface area contributed by atoms with Crippen LogP contribution in [-0.4, -0.2) is 67.7 Å². The molecular formula is C34H34ClN7O4. The molecule has 1 aliphatic rings. The zero-order chi connectivity index (χ0) is 32.5. The van der Waals surface area contributed by atoms with Gasteiger partial charge >= 0.3 is 6.03 Å². The van der Waals surface area contributed by atoms with E-state index < -0.39 is 11.9 Å². The molecular weight excluding hydrogens is 606 g/mol. The first-order chi connectivity index (χ1) is 22.2. The number of carbonyl (C=O) groups is 4. The summed E-state index contributed by atoms with van der Waals surface area (Å²) in [4.78, 5) is 52.9. The number of amides is 3. The SMILES string of the molecule is CC(=O)C1CCCN(C(=O)Nc2ccc(CC(=O)[C@H](Cc3ccccc3)NC(=O)/C=C/c3cc(Cl)ccc3-n3cnnn3)cc2)C1. The highest BCUT2D eigenvalue weighted by Gasteiger charge is 2.26. The first-order valence-corrected chi connectivity index (χ1v) is 15.4. The van der Waals surface area contributed by atoms with Gasteiger partial charge in [0.15, 0.2) is 5.78 Å². The van der Waals surface area contributed by atoms with E-state index in [1.165, 1.54) is 17.1 Å². The van der Waals surface area contributed by atoms with Gasteiger partial charge in [0.2, 0.25) is 5.91 Å². The predicted molar refractivity (Wildman–Crippen MR) is 174 cm³/mol. The first-order valence-electron chi connectivity index (χ1n) is 15.0. The maximum absolute atomic E-state index is 13.6. The Morgan fingerprint density at radius 3 is 2.52 bits per heavy atom. The monoisotopic (exact) mass is 639 g/mol. The summed E-state index contributed by atoms with van der Waals surface area (Å²) in [6.45, 7) is 2.58. The number of Topliss-reactive ketones (excluding diaryl/α,β-unsaturated/α-hetero) is 2. The van der Waals surface area contributed by atoms with Gasteiger partial charge in [0.25, 0.3) is 0 Å². The van der Waals surface area contributed by atoms with Crippen LogP contribution in [0.3, 0.4) is 0 Å². The summed E-state index contributed by atoms with van der Waals surface area (Å²) < 4.78 is 1.46. The largest absolute Gasteiger partial charge is 0.342 e. The molecule has 4 aromatic rings. The Morgan fingerprint density at radius 1 is 1.02 bits per heavy atom. The van der Waals surface area contributed by atoms with E-state index in [1.54, 1.807) is 60.4 Å². The Morgan fingerprint density at radius 2 is 1.80 bits per heavy atom. The van der Waals surface area contributed by atoms with Crippen molar-refractivity contribution in [3.63, 3.8) is 0 Å². The molecule has 1 aliphatic heterocycles. The summed E-state index contributed by atoms with van der Waals surface area (Å²) in [5, 5.41) is 17.5. The Kier molecular flexibility index (Phi) is 10.7. The zero-order valence-electron chi connectivity index (χ0n) is 25.3. The molecule has 5 rings (SSSR count). The summed E-state index contributed by atoms with van der Waals surface area (Å²) in [5.41, 5.74) is 3.49. The smallest absolute Gasteiger partial charge is 0.321 e. The van der Waals surface area contributed by atoms with E-state index in [1.807, 2.05) is 30.3 Å². The predicted octanol–water partition coefficient (Wildman–Crippen LogP) is 4.70. The van der Waals surface area contributed by atoms with Gasteiger partial charge in [0.05, 0.1) is 11.7 Å². The molecule has 2 N–H and O–H groups in total. The number of rotatable bonds is 11. The number of ketones is 2. The lowest BCUT2D eigenvalue weighted by Gasteiger charge is -2.31. The minimum atomic E-state index is -0.786. The van der Waals surface area contributed by atoms with Crippen LogP contribution in [0.2, 0.25) is 5.02 Å². The quantitative estimate of drug-likeness (QED) is 0.227. The fourth-order valence-electron chi connectivity index (χ4n) is 5.35. The van der Waals surface area contributed by atoms with Gasteiger partial charge in [0.1, 0.15) is 12.1 Å². The Hall–Kier alpha value is -5.16. The van der Waals surface area contributed by atoms with Gasteiger partial charge in [-0.1, -0.05) is 54.1 Å². The lowest BCUT2D eigenvalue weighted by molar-refractivity contribution is -0.125. The van der Waals surface area contributed by atoms with Crippen LogP contribution in [0.25, 0.3) is 11.8 Å². The molecule has 1 fully saturated rings. The van der Waals surface area contributed by atoms with Crippen LogP contribution < -0.4 is 10.6 Å². The molecule has 2 atom stereocenters. The molecule has 12 heteroatoms. The van der Waals surface area contributed by atoms with Crippen molar-refractivity contribution < 1.29 is 19.2 Å². The van der Waals surface area contributed by atoms with Crippen LogP contribution in [0.5, 0.6) is 0 Å². The molecule has 3 amide bonds. The van der Waals surface area contributed by atoms with Gasteiger partial charge in [-0.25, -0.2) is 4.79 Å². The normalized spacial score (nSPS) is 15.3. The third-order valence-electron chi connectivity index (χ3n) is 7.85. The van der Waals surface area contributed by atoms with E-state index in [0.717, 1.165) is 24.0 Å². The van der Waals surface area contributed by atoms with Gasteiger partial charge in [-0.15, -0.1) is 5.10 Å². The number of tetrazole rings is 1. The standard InChI is InChI=1S/C34H34ClN7O4/c1-23(43)27-8-5-17-41(21-27)34(46)37-29-13-9-25(10-14-29)19-32(44)30(18-24-6-3-2-4-7-24)38-33(45)16-11-26-20-28(35)12-15-31(26)42-22-36-39-40-42/h2-4,6-7,9-16,20,22,27,30H,5,8,17-19,21H2,1H3,(H,37,46)(H,38,45)/b16-11+/t27?,30-/m0/s1. The van der Waals surface area contributed by atoms with Crippen molar-refractivity contribution in [1.82, 2.24) is 30.4 Å². The van der Waals surface area contributed by atoms with Gasteiger partial charge in [-0.05, 0) is 84.1 Å². The van der Waals surface area contributed by atoms with Crippen molar-refractivity contribution in [1.29, 1.82) is 0 Å². The van der Waals surface area contributed by atoms with E-state index in [2.05, 4.69) is 26.2 Å². The molecule has 0 radical (unpaired) electrons. The van der Waals surface area contributed by atoms with E-state index in [0.29, 0.717) is 41.5 Å². The Labute approximate surface area is 271 Å². The molecule has 236 valence electrons. The van der Waals surface area contributed by atoms with E-state index in [4.69, 9.17) is 11.6 Å². The number of likely N-dealkylation sites (tertiary alicyclic amines) is 1. The highest BCUT2D eigenvalue weighted by molar-refractivity contribution is 6.30. The Balaban J connectivity index is 1.24. The van der Waals surface area contributed by atoms with Gasteiger partial charge in [-0.2, -0.15) is 4.68 Å².